The maximum Gasteiger partial charge on any atom is 0.257 e. The van der Waals surface area contributed by atoms with Gasteiger partial charge < -0.3 is 10.1 Å². The van der Waals surface area contributed by atoms with Gasteiger partial charge in [-0.15, -0.1) is 0 Å². The van der Waals surface area contributed by atoms with Gasteiger partial charge in [-0.05, 0) is 18.8 Å². The molecule has 0 saturated carbocycles. The van der Waals surface area contributed by atoms with Crippen LogP contribution in [0.5, 0.6) is 0 Å². The van der Waals surface area contributed by atoms with Crippen molar-refractivity contribution in [2.24, 2.45) is 11.8 Å². The van der Waals surface area contributed by atoms with Crippen molar-refractivity contribution in [2.75, 3.05) is 7.11 Å². The van der Waals surface area contributed by atoms with E-state index in [1.807, 2.05) is 13.8 Å². The number of rotatable bonds is 7. The fourth-order valence-corrected chi connectivity index (χ4v) is 3.09. The maximum absolute atomic E-state index is 13.0. The fraction of sp³-hybridized carbons (Fsp3) is 0.706. The van der Waals surface area contributed by atoms with Crippen LogP contribution in [0.15, 0.2) is 11.8 Å². The van der Waals surface area contributed by atoms with Gasteiger partial charge in [-0.3, -0.25) is 19.3 Å². The van der Waals surface area contributed by atoms with Crippen LogP contribution in [0.1, 0.15) is 40.5 Å². The molecule has 0 radical (unpaired) electrons. The second-order valence-corrected chi connectivity index (χ2v) is 9.24. The normalized spacial score (nSPS) is 20.0. The average molecular weight is 428 g/mol. The molecule has 148 valence electrons. The van der Waals surface area contributed by atoms with Gasteiger partial charge in [0.2, 0.25) is 5.91 Å². The zero-order chi connectivity index (χ0) is 20.2. The molecule has 3 unspecified atom stereocenters. The highest BCUT2D eigenvalue weighted by molar-refractivity contribution is 6.67. The van der Waals surface area contributed by atoms with Crippen LogP contribution < -0.4 is 5.32 Å². The van der Waals surface area contributed by atoms with E-state index in [-0.39, 0.29) is 18.2 Å². The van der Waals surface area contributed by atoms with Crippen molar-refractivity contribution in [1.82, 2.24) is 10.2 Å². The number of alkyl halides is 3. The van der Waals surface area contributed by atoms with E-state index >= 15 is 0 Å². The summed E-state index contributed by atoms with van der Waals surface area (Å²) in [4.78, 5) is 38.1. The molecule has 0 fully saturated rings. The van der Waals surface area contributed by atoms with E-state index in [1.54, 1.807) is 6.92 Å². The lowest BCUT2D eigenvalue weighted by Crippen LogP contribution is -2.52. The van der Waals surface area contributed by atoms with E-state index in [1.165, 1.54) is 20.1 Å². The van der Waals surface area contributed by atoms with Crippen LogP contribution in [-0.4, -0.2) is 45.6 Å². The Kier molecular flexibility index (Phi) is 8.24. The van der Waals surface area contributed by atoms with Gasteiger partial charge in [-0.2, -0.15) is 0 Å². The van der Waals surface area contributed by atoms with Crippen LogP contribution in [0.4, 0.5) is 0 Å². The third-order valence-electron chi connectivity index (χ3n) is 4.13. The lowest BCUT2D eigenvalue weighted by atomic mass is 9.99. The standard InChI is InChI=1S/C17H25Cl3N2O4/c1-9(2)6-12(21-11(4)23)16(25)22-13(7-10(3)17(18,19)20)14(26-5)8-15(22)24/h8-10,12-13H,6-7H2,1-5H3,(H,21,23). The van der Waals surface area contributed by atoms with Crippen LogP contribution in [0, 0.1) is 11.8 Å². The molecule has 0 aliphatic carbocycles. The van der Waals surface area contributed by atoms with Crippen molar-refractivity contribution >= 4 is 52.5 Å². The molecule has 0 spiro atoms. The number of nitrogens with one attached hydrogen (secondary N) is 1. The second-order valence-electron chi connectivity index (χ2n) is 6.87. The average Bonchev–Trinajstić information content (AvgIpc) is 2.79. The first-order chi connectivity index (χ1) is 11.9. The Balaban J connectivity index is 3.13. The number of ether oxygens (including phenoxy) is 1. The first-order valence-electron chi connectivity index (χ1n) is 8.34. The van der Waals surface area contributed by atoms with E-state index in [4.69, 9.17) is 39.5 Å². The lowest BCUT2D eigenvalue weighted by molar-refractivity contribution is -0.146. The molecule has 3 amide bonds. The highest BCUT2D eigenvalue weighted by Gasteiger charge is 2.44. The molecule has 0 saturated heterocycles. The number of hydrogen-bond donors (Lipinski definition) is 1. The van der Waals surface area contributed by atoms with Gasteiger partial charge in [0.15, 0.2) is 3.79 Å². The van der Waals surface area contributed by atoms with E-state index in [0.717, 1.165) is 4.90 Å². The summed E-state index contributed by atoms with van der Waals surface area (Å²) in [5.74, 6) is -1.32. The minimum atomic E-state index is -1.55. The van der Waals surface area contributed by atoms with E-state index < -0.39 is 33.6 Å². The molecule has 1 N–H and O–H groups in total. The zero-order valence-electron chi connectivity index (χ0n) is 15.5. The molecule has 0 aromatic heterocycles. The summed E-state index contributed by atoms with van der Waals surface area (Å²) in [6, 6.07) is -1.50. The predicted molar refractivity (Wildman–Crippen MR) is 102 cm³/mol. The number of carbonyl (C=O) groups excluding carboxylic acids is 3. The third-order valence-corrected chi connectivity index (χ3v) is 5.25. The summed E-state index contributed by atoms with van der Waals surface area (Å²) in [7, 11) is 1.42. The number of hydrogen-bond acceptors (Lipinski definition) is 4. The van der Waals surface area contributed by atoms with Crippen molar-refractivity contribution in [3.05, 3.63) is 11.8 Å². The van der Waals surface area contributed by atoms with Crippen molar-refractivity contribution in [2.45, 2.75) is 56.4 Å². The van der Waals surface area contributed by atoms with Crippen molar-refractivity contribution < 1.29 is 19.1 Å². The van der Waals surface area contributed by atoms with Crippen LogP contribution in [0.2, 0.25) is 0 Å². The molecule has 9 heteroatoms. The SMILES string of the molecule is COC1=CC(=O)N(C(=O)C(CC(C)C)NC(C)=O)C1CC(C)C(Cl)(Cl)Cl. The Morgan fingerprint density at radius 3 is 2.31 bits per heavy atom. The molecule has 6 nitrogen and oxygen atoms in total. The third kappa shape index (κ3) is 6.03. The molecule has 0 bridgehead atoms. The van der Waals surface area contributed by atoms with Crippen molar-refractivity contribution in [3.8, 4) is 0 Å². The smallest absolute Gasteiger partial charge is 0.257 e. The summed E-state index contributed by atoms with van der Waals surface area (Å²) in [6.07, 6.45) is 1.88. The quantitative estimate of drug-likeness (QED) is 0.633. The predicted octanol–water partition coefficient (Wildman–Crippen LogP) is 3.20. The highest BCUT2D eigenvalue weighted by Crippen LogP contribution is 2.40. The molecule has 1 aliphatic rings. The van der Waals surface area contributed by atoms with Gasteiger partial charge in [-0.25, -0.2) is 0 Å². The van der Waals surface area contributed by atoms with Gasteiger partial charge in [-0.1, -0.05) is 55.6 Å². The van der Waals surface area contributed by atoms with Gasteiger partial charge in [0.25, 0.3) is 11.8 Å². The van der Waals surface area contributed by atoms with Crippen LogP contribution in [0.3, 0.4) is 0 Å². The molecule has 3 atom stereocenters. The van der Waals surface area contributed by atoms with Crippen LogP contribution >= 0.6 is 34.8 Å². The van der Waals surface area contributed by atoms with E-state index in [0.29, 0.717) is 12.2 Å². The Morgan fingerprint density at radius 1 is 1.31 bits per heavy atom. The summed E-state index contributed by atoms with van der Waals surface area (Å²) in [5.41, 5.74) is 0. The number of carbonyl (C=O) groups is 3. The Labute approximate surface area is 169 Å². The Morgan fingerprint density at radius 2 is 1.88 bits per heavy atom. The summed E-state index contributed by atoms with van der Waals surface area (Å²) in [6.45, 7) is 6.89. The molecular formula is C17H25Cl3N2O4. The van der Waals surface area contributed by atoms with Gasteiger partial charge >= 0.3 is 0 Å². The lowest BCUT2D eigenvalue weighted by Gasteiger charge is -2.32. The molecule has 1 aliphatic heterocycles. The monoisotopic (exact) mass is 426 g/mol. The van der Waals surface area contributed by atoms with Crippen molar-refractivity contribution in [1.29, 1.82) is 0 Å². The molecular weight excluding hydrogens is 403 g/mol. The Hall–Kier alpha value is -0.980. The molecule has 26 heavy (non-hydrogen) atoms. The topological polar surface area (TPSA) is 75.7 Å². The first-order valence-corrected chi connectivity index (χ1v) is 9.48. The largest absolute Gasteiger partial charge is 0.499 e. The highest BCUT2D eigenvalue weighted by atomic mass is 35.6. The number of nitrogens with zero attached hydrogens (tertiary/aromatic N) is 1. The molecule has 1 rings (SSSR count). The summed E-state index contributed by atoms with van der Waals surface area (Å²) < 4.78 is 3.71. The number of amides is 3. The molecule has 1 heterocycles. The van der Waals surface area contributed by atoms with Gasteiger partial charge in [0, 0.05) is 18.9 Å². The summed E-state index contributed by atoms with van der Waals surface area (Å²) in [5, 5.41) is 2.62. The molecule has 0 aromatic carbocycles. The van der Waals surface area contributed by atoms with Crippen molar-refractivity contribution in [3.63, 3.8) is 0 Å². The van der Waals surface area contributed by atoms with Gasteiger partial charge in [0.1, 0.15) is 11.8 Å². The summed E-state index contributed by atoms with van der Waals surface area (Å²) >= 11 is 17.8. The maximum atomic E-state index is 13.0. The van der Waals surface area contributed by atoms with Crippen LogP contribution in [-0.2, 0) is 19.1 Å². The first kappa shape index (κ1) is 23.1. The van der Waals surface area contributed by atoms with E-state index in [2.05, 4.69) is 5.32 Å². The minimum Gasteiger partial charge on any atom is -0.499 e. The number of halogens is 3. The van der Waals surface area contributed by atoms with E-state index in [9.17, 15) is 14.4 Å². The molecule has 0 aromatic rings. The van der Waals surface area contributed by atoms with Gasteiger partial charge in [0.05, 0.1) is 13.2 Å². The minimum absolute atomic E-state index is 0.141. The fourth-order valence-electron chi connectivity index (χ4n) is 2.82. The van der Waals surface area contributed by atoms with Crippen LogP contribution in [0.25, 0.3) is 0 Å². The second kappa shape index (κ2) is 9.29. The zero-order valence-corrected chi connectivity index (χ0v) is 17.8. The number of imide groups is 1. The Bertz CT molecular complexity index is 587. The number of methoxy groups -OCH3 is 1.